The molecule has 1 heterocycles. The van der Waals surface area contributed by atoms with Gasteiger partial charge in [-0.25, -0.2) is 4.99 Å². The first-order valence-electron chi connectivity index (χ1n) is 7.89. The van der Waals surface area contributed by atoms with Gasteiger partial charge in [0.2, 0.25) is 5.75 Å². The van der Waals surface area contributed by atoms with Crippen molar-refractivity contribution in [2.45, 2.75) is 0 Å². The van der Waals surface area contributed by atoms with Gasteiger partial charge in [0.15, 0.2) is 16.7 Å². The minimum atomic E-state index is -0.204. The number of ether oxygens (including phenoxy) is 3. The van der Waals surface area contributed by atoms with Crippen LogP contribution in [0.4, 0.5) is 5.69 Å². The number of amidine groups is 1. The van der Waals surface area contributed by atoms with E-state index in [2.05, 4.69) is 26.2 Å². The molecule has 3 rings (SSSR count). The first kappa shape index (κ1) is 19.3. The lowest BCUT2D eigenvalue weighted by atomic mass is 10.1. The molecular weight excluding hydrogens is 432 g/mol. The Labute approximate surface area is 169 Å². The van der Waals surface area contributed by atoms with Crippen LogP contribution in [-0.2, 0) is 4.79 Å². The molecule has 2 aromatic rings. The summed E-state index contributed by atoms with van der Waals surface area (Å²) in [6.07, 6.45) is 1.76. The molecule has 140 valence electrons. The van der Waals surface area contributed by atoms with Gasteiger partial charge in [-0.1, -0.05) is 15.9 Å². The summed E-state index contributed by atoms with van der Waals surface area (Å²) in [5, 5.41) is 3.30. The highest BCUT2D eigenvalue weighted by molar-refractivity contribution is 9.10. The summed E-state index contributed by atoms with van der Waals surface area (Å²) in [6, 6.07) is 11.1. The molecule has 1 aliphatic heterocycles. The Bertz CT molecular complexity index is 901. The number of thioether (sulfide) groups is 1. The van der Waals surface area contributed by atoms with Gasteiger partial charge in [0.25, 0.3) is 5.91 Å². The highest BCUT2D eigenvalue weighted by Crippen LogP contribution is 2.39. The molecule has 2 aromatic carbocycles. The molecule has 0 saturated carbocycles. The molecular formula is C19H17BrN2O4S. The summed E-state index contributed by atoms with van der Waals surface area (Å²) in [7, 11) is 4.64. The third-order valence-electron chi connectivity index (χ3n) is 3.69. The summed E-state index contributed by atoms with van der Waals surface area (Å²) in [5.41, 5.74) is 1.52. The summed E-state index contributed by atoms with van der Waals surface area (Å²) >= 11 is 4.66. The predicted molar refractivity (Wildman–Crippen MR) is 111 cm³/mol. The lowest BCUT2D eigenvalue weighted by molar-refractivity contribution is -0.115. The van der Waals surface area contributed by atoms with E-state index in [1.807, 2.05) is 24.3 Å². The van der Waals surface area contributed by atoms with Crippen LogP contribution in [-0.4, -0.2) is 32.4 Å². The van der Waals surface area contributed by atoms with Crippen molar-refractivity contribution in [1.82, 2.24) is 5.32 Å². The quantitative estimate of drug-likeness (QED) is 0.687. The zero-order valence-electron chi connectivity index (χ0n) is 14.9. The molecule has 1 N–H and O–H groups in total. The number of carbonyl (C=O) groups is 1. The van der Waals surface area contributed by atoms with Crippen molar-refractivity contribution in [1.29, 1.82) is 0 Å². The van der Waals surface area contributed by atoms with Gasteiger partial charge in [0, 0.05) is 4.47 Å². The number of hydrogen-bond donors (Lipinski definition) is 1. The van der Waals surface area contributed by atoms with E-state index < -0.39 is 0 Å². The molecule has 6 nitrogen and oxygen atoms in total. The minimum Gasteiger partial charge on any atom is -0.493 e. The fourth-order valence-electron chi connectivity index (χ4n) is 2.45. The maximum absolute atomic E-state index is 12.3. The van der Waals surface area contributed by atoms with E-state index in [4.69, 9.17) is 14.2 Å². The van der Waals surface area contributed by atoms with Gasteiger partial charge < -0.3 is 19.5 Å². The fraction of sp³-hybridized carbons (Fsp3) is 0.158. The van der Waals surface area contributed by atoms with Crippen molar-refractivity contribution in [3.63, 3.8) is 0 Å². The highest BCUT2D eigenvalue weighted by Gasteiger charge is 2.24. The molecule has 0 bridgehead atoms. The van der Waals surface area contributed by atoms with Crippen molar-refractivity contribution in [2.75, 3.05) is 21.3 Å². The van der Waals surface area contributed by atoms with E-state index in [1.165, 1.54) is 11.8 Å². The molecule has 0 radical (unpaired) electrons. The molecule has 1 amide bonds. The number of benzene rings is 2. The Morgan fingerprint density at radius 1 is 1.04 bits per heavy atom. The van der Waals surface area contributed by atoms with Gasteiger partial charge in [0.1, 0.15) is 0 Å². The van der Waals surface area contributed by atoms with E-state index in [9.17, 15) is 4.79 Å². The van der Waals surface area contributed by atoms with Crippen LogP contribution >= 0.6 is 27.7 Å². The first-order valence-corrected chi connectivity index (χ1v) is 9.50. The average Bonchev–Trinajstić information content (AvgIpc) is 3.01. The molecule has 0 unspecified atom stereocenters. The Morgan fingerprint density at radius 3 is 2.22 bits per heavy atom. The Kier molecular flexibility index (Phi) is 6.08. The number of nitrogens with zero attached hydrogens (tertiary/aromatic N) is 1. The SMILES string of the molecule is COc1cc(/C=C2/SC(=Nc3ccc(Br)cc3)NC2=O)cc(OC)c1OC. The number of amides is 1. The predicted octanol–water partition coefficient (Wildman–Crippen LogP) is 4.37. The zero-order chi connectivity index (χ0) is 19.4. The Balaban J connectivity index is 1.89. The van der Waals surface area contributed by atoms with Gasteiger partial charge >= 0.3 is 0 Å². The van der Waals surface area contributed by atoms with Gasteiger partial charge in [-0.2, -0.15) is 0 Å². The second-order valence-corrected chi connectivity index (χ2v) is 7.36. The molecule has 0 aliphatic carbocycles. The Morgan fingerprint density at radius 2 is 1.67 bits per heavy atom. The third kappa shape index (κ3) is 4.45. The van der Waals surface area contributed by atoms with Crippen LogP contribution in [0.15, 0.2) is 50.8 Å². The Hall–Kier alpha value is -2.45. The van der Waals surface area contributed by atoms with Gasteiger partial charge in [0.05, 0.1) is 31.9 Å². The topological polar surface area (TPSA) is 69.2 Å². The zero-order valence-corrected chi connectivity index (χ0v) is 17.3. The van der Waals surface area contributed by atoms with Crippen molar-refractivity contribution in [2.24, 2.45) is 4.99 Å². The van der Waals surface area contributed by atoms with E-state index in [0.29, 0.717) is 27.3 Å². The minimum absolute atomic E-state index is 0.204. The fourth-order valence-corrected chi connectivity index (χ4v) is 3.56. The first-order chi connectivity index (χ1) is 13.0. The van der Waals surface area contributed by atoms with Crippen molar-refractivity contribution >= 4 is 50.5 Å². The molecule has 0 aromatic heterocycles. The summed E-state index contributed by atoms with van der Waals surface area (Å²) in [4.78, 5) is 17.3. The maximum atomic E-state index is 12.3. The van der Waals surface area contributed by atoms with E-state index >= 15 is 0 Å². The van der Waals surface area contributed by atoms with Crippen LogP contribution in [0.5, 0.6) is 17.2 Å². The number of rotatable bonds is 5. The molecule has 1 fully saturated rings. The van der Waals surface area contributed by atoms with Crippen LogP contribution in [0, 0.1) is 0 Å². The normalized spacial score (nSPS) is 16.5. The standard InChI is InChI=1S/C19H17BrN2O4S/c1-24-14-8-11(9-15(25-2)17(14)26-3)10-16-18(23)22-19(27-16)21-13-6-4-12(20)5-7-13/h4-10H,1-3H3,(H,21,22,23)/b16-10+. The van der Waals surface area contributed by atoms with Gasteiger partial charge in [-0.3, -0.25) is 4.79 Å². The second-order valence-electron chi connectivity index (χ2n) is 5.42. The van der Waals surface area contributed by atoms with Crippen LogP contribution in [0.25, 0.3) is 6.08 Å². The number of aliphatic imine (C=N–C) groups is 1. The van der Waals surface area contributed by atoms with E-state index in [0.717, 1.165) is 15.7 Å². The lowest BCUT2D eigenvalue weighted by Gasteiger charge is -2.12. The number of methoxy groups -OCH3 is 3. The third-order valence-corrected chi connectivity index (χ3v) is 5.13. The molecule has 8 heteroatoms. The summed E-state index contributed by atoms with van der Waals surface area (Å²) < 4.78 is 17.0. The van der Waals surface area contributed by atoms with Crippen LogP contribution in [0.2, 0.25) is 0 Å². The van der Waals surface area contributed by atoms with E-state index in [-0.39, 0.29) is 5.91 Å². The lowest BCUT2D eigenvalue weighted by Crippen LogP contribution is -2.19. The smallest absolute Gasteiger partial charge is 0.264 e. The monoisotopic (exact) mass is 448 g/mol. The van der Waals surface area contributed by atoms with Crippen LogP contribution < -0.4 is 19.5 Å². The van der Waals surface area contributed by atoms with Gasteiger partial charge in [-0.15, -0.1) is 0 Å². The summed E-state index contributed by atoms with van der Waals surface area (Å²) in [5.74, 6) is 1.35. The van der Waals surface area contributed by atoms with Crippen LogP contribution in [0.3, 0.4) is 0 Å². The molecule has 27 heavy (non-hydrogen) atoms. The molecule has 1 aliphatic rings. The van der Waals surface area contributed by atoms with Gasteiger partial charge in [-0.05, 0) is 59.8 Å². The molecule has 0 atom stereocenters. The molecule has 1 saturated heterocycles. The molecule has 0 spiro atoms. The number of halogens is 1. The van der Waals surface area contributed by atoms with E-state index in [1.54, 1.807) is 39.5 Å². The average molecular weight is 449 g/mol. The second kappa shape index (κ2) is 8.49. The number of nitrogens with one attached hydrogen (secondary N) is 1. The van der Waals surface area contributed by atoms with Crippen LogP contribution in [0.1, 0.15) is 5.56 Å². The largest absolute Gasteiger partial charge is 0.493 e. The summed E-state index contributed by atoms with van der Waals surface area (Å²) in [6.45, 7) is 0. The van der Waals surface area contributed by atoms with Crippen molar-refractivity contribution in [3.8, 4) is 17.2 Å². The van der Waals surface area contributed by atoms with Crippen molar-refractivity contribution < 1.29 is 19.0 Å². The number of carbonyl (C=O) groups excluding carboxylic acids is 1. The number of hydrogen-bond acceptors (Lipinski definition) is 6. The maximum Gasteiger partial charge on any atom is 0.264 e. The van der Waals surface area contributed by atoms with Crippen molar-refractivity contribution in [3.05, 3.63) is 51.3 Å². The highest BCUT2D eigenvalue weighted by atomic mass is 79.9.